The van der Waals surface area contributed by atoms with Gasteiger partial charge >= 0.3 is 17.9 Å². The van der Waals surface area contributed by atoms with Gasteiger partial charge in [-0.25, -0.2) is 19.4 Å². The van der Waals surface area contributed by atoms with Gasteiger partial charge in [0.15, 0.2) is 22.9 Å². The lowest BCUT2D eigenvalue weighted by atomic mass is 9.95. The summed E-state index contributed by atoms with van der Waals surface area (Å²) in [6, 6.07) is 14.4. The van der Waals surface area contributed by atoms with Gasteiger partial charge in [-0.2, -0.15) is 0 Å². The zero-order valence-corrected chi connectivity index (χ0v) is 33.0. The molecule has 1 atom stereocenters. The van der Waals surface area contributed by atoms with Crippen molar-refractivity contribution < 1.29 is 43.2 Å². The molecule has 12 nitrogen and oxygen atoms in total. The molecule has 2 heterocycles. The molecule has 1 N–H and O–H groups in total. The van der Waals surface area contributed by atoms with Crippen molar-refractivity contribution in [2.75, 3.05) is 26.9 Å². The van der Waals surface area contributed by atoms with Gasteiger partial charge in [0.25, 0.3) is 5.56 Å². The van der Waals surface area contributed by atoms with E-state index in [0.717, 1.165) is 18.3 Å². The number of carboxylic acids is 1. The van der Waals surface area contributed by atoms with E-state index in [9.17, 15) is 19.2 Å². The molecule has 0 bridgehead atoms. The van der Waals surface area contributed by atoms with Gasteiger partial charge in [-0.05, 0) is 125 Å². The molecule has 0 fully saturated rings. The van der Waals surface area contributed by atoms with Gasteiger partial charge in [-0.1, -0.05) is 29.5 Å². The van der Waals surface area contributed by atoms with Gasteiger partial charge in [0.1, 0.15) is 12.4 Å². The van der Waals surface area contributed by atoms with Crippen LogP contribution in [0.3, 0.4) is 0 Å². The van der Waals surface area contributed by atoms with E-state index in [1.807, 2.05) is 12.1 Å². The molecule has 0 unspecified atom stereocenters. The van der Waals surface area contributed by atoms with E-state index in [1.54, 1.807) is 57.2 Å². The number of hydrogen-bond donors (Lipinski definition) is 1. The van der Waals surface area contributed by atoms with Gasteiger partial charge in [0.05, 0.1) is 54.9 Å². The number of thiazole rings is 1. The number of aromatic nitrogens is 1. The number of rotatable bonds is 13. The second-order valence-corrected chi connectivity index (χ2v) is 14.2. The number of nitrogens with zero attached hydrogens (tertiary/aromatic N) is 2. The van der Waals surface area contributed by atoms with Crippen LogP contribution in [0, 0.1) is 7.14 Å². The van der Waals surface area contributed by atoms with Crippen LogP contribution in [0.5, 0.6) is 17.2 Å². The summed E-state index contributed by atoms with van der Waals surface area (Å²) in [5, 5.41) is 9.15. The van der Waals surface area contributed by atoms with E-state index in [1.165, 1.54) is 35.1 Å². The number of benzene rings is 3. The molecule has 1 aliphatic rings. The molecule has 0 saturated carbocycles. The first-order chi connectivity index (χ1) is 24.4. The van der Waals surface area contributed by atoms with E-state index < -0.39 is 23.9 Å². The van der Waals surface area contributed by atoms with E-state index in [2.05, 4.69) is 54.9 Å². The number of carboxylic acid groups (broad SMARTS) is 1. The first kappa shape index (κ1) is 38.0. The number of methoxy groups -OCH3 is 1. The summed E-state index contributed by atoms with van der Waals surface area (Å²) in [4.78, 5) is 55.6. The summed E-state index contributed by atoms with van der Waals surface area (Å²) in [7, 11) is 1.26. The first-order valence-corrected chi connectivity index (χ1v) is 18.5. The molecule has 0 saturated heterocycles. The van der Waals surface area contributed by atoms with Crippen molar-refractivity contribution in [1.82, 2.24) is 4.57 Å². The van der Waals surface area contributed by atoms with Gasteiger partial charge in [0, 0.05) is 0 Å². The molecule has 0 amide bonds. The van der Waals surface area contributed by atoms with Crippen LogP contribution in [0.15, 0.2) is 75.7 Å². The molecule has 51 heavy (non-hydrogen) atoms. The Bertz CT molecular complexity index is 2190. The Morgan fingerprint density at radius 2 is 1.67 bits per heavy atom. The molecule has 5 rings (SSSR count). The number of allylic oxidation sites excluding steroid dienone is 1. The molecule has 266 valence electrons. The van der Waals surface area contributed by atoms with Crippen LogP contribution in [0.4, 0.5) is 0 Å². The topological polar surface area (TPSA) is 152 Å². The Morgan fingerprint density at radius 3 is 2.29 bits per heavy atom. The fourth-order valence-electron chi connectivity index (χ4n) is 5.24. The Kier molecular flexibility index (Phi) is 12.6. The van der Waals surface area contributed by atoms with Crippen molar-refractivity contribution in [3.05, 3.63) is 115 Å². The number of aromatic carboxylic acids is 1. The normalized spacial score (nSPS) is 14.0. The summed E-state index contributed by atoms with van der Waals surface area (Å²) >= 11 is 5.56. The maximum atomic E-state index is 14.2. The highest BCUT2D eigenvalue weighted by Crippen LogP contribution is 2.36. The average molecular weight is 939 g/mol. The molecule has 1 aromatic heterocycles. The molecular weight excluding hydrogens is 906 g/mol. The van der Waals surface area contributed by atoms with Crippen molar-refractivity contribution in [2.45, 2.75) is 33.4 Å². The number of carbonyl (C=O) groups is 3. The van der Waals surface area contributed by atoms with Crippen molar-refractivity contribution in [3.63, 3.8) is 0 Å². The fourth-order valence-corrected chi connectivity index (χ4v) is 8.41. The number of carbonyl (C=O) groups excluding carboxylic acids is 2. The maximum absolute atomic E-state index is 14.2. The molecule has 15 heteroatoms. The Morgan fingerprint density at radius 1 is 0.961 bits per heavy atom. The lowest BCUT2D eigenvalue weighted by Crippen LogP contribution is -2.40. The number of esters is 2. The zero-order valence-electron chi connectivity index (χ0n) is 27.9. The monoisotopic (exact) mass is 938 g/mol. The molecule has 4 aromatic rings. The minimum Gasteiger partial charge on any atom is -0.490 e. The highest BCUT2D eigenvalue weighted by molar-refractivity contribution is 14.1. The van der Waals surface area contributed by atoms with Gasteiger partial charge in [-0.15, -0.1) is 0 Å². The van der Waals surface area contributed by atoms with E-state index in [0.29, 0.717) is 44.4 Å². The minimum absolute atomic E-state index is 0.130. The van der Waals surface area contributed by atoms with Crippen molar-refractivity contribution in [3.8, 4) is 17.2 Å². The van der Waals surface area contributed by atoms with E-state index in [-0.39, 0.29) is 36.5 Å². The predicted octanol–water partition coefficient (Wildman–Crippen LogP) is 5.24. The molecule has 0 spiro atoms. The highest BCUT2D eigenvalue weighted by atomic mass is 127. The van der Waals surface area contributed by atoms with Crippen LogP contribution >= 0.6 is 56.5 Å². The molecule has 0 aliphatic carbocycles. The maximum Gasteiger partial charge on any atom is 0.343 e. The third kappa shape index (κ3) is 8.64. The van der Waals surface area contributed by atoms with Crippen LogP contribution in [0.25, 0.3) is 6.08 Å². The van der Waals surface area contributed by atoms with Crippen LogP contribution in [0.1, 0.15) is 53.9 Å². The summed E-state index contributed by atoms with van der Waals surface area (Å²) < 4.78 is 31.2. The third-order valence-electron chi connectivity index (χ3n) is 7.58. The quantitative estimate of drug-likeness (QED) is 0.139. The highest BCUT2D eigenvalue weighted by Gasteiger charge is 2.34. The Labute approximate surface area is 323 Å². The molecule has 3 aromatic carbocycles. The molecule has 0 radical (unpaired) electrons. The van der Waals surface area contributed by atoms with Crippen LogP contribution in [0.2, 0.25) is 0 Å². The average Bonchev–Trinajstić information content (AvgIpc) is 3.40. The zero-order chi connectivity index (χ0) is 36.8. The van der Waals surface area contributed by atoms with Gasteiger partial charge in [-0.3, -0.25) is 9.36 Å². The Balaban J connectivity index is 1.54. The largest absolute Gasteiger partial charge is 0.490 e. The smallest absolute Gasteiger partial charge is 0.343 e. The number of fused-ring (bicyclic) bond motifs is 1. The number of ether oxygens (including phenoxy) is 5. The lowest BCUT2D eigenvalue weighted by molar-refractivity contribution is -0.143. The van der Waals surface area contributed by atoms with Crippen molar-refractivity contribution >= 4 is 80.5 Å². The van der Waals surface area contributed by atoms with Crippen molar-refractivity contribution in [1.29, 1.82) is 0 Å². The second-order valence-electron chi connectivity index (χ2n) is 10.9. The van der Waals surface area contributed by atoms with E-state index >= 15 is 0 Å². The Hall–Kier alpha value is -4.23. The van der Waals surface area contributed by atoms with Gasteiger partial charge < -0.3 is 28.8 Å². The predicted molar refractivity (Wildman–Crippen MR) is 205 cm³/mol. The first-order valence-electron chi connectivity index (χ1n) is 15.6. The van der Waals surface area contributed by atoms with Crippen LogP contribution in [-0.2, 0) is 25.7 Å². The summed E-state index contributed by atoms with van der Waals surface area (Å²) in [6.07, 6.45) is 1.78. The molecule has 1 aliphatic heterocycles. The lowest BCUT2D eigenvalue weighted by Gasteiger charge is -2.25. The molecular formula is C36H32I2N2O10S. The second kappa shape index (κ2) is 16.9. The van der Waals surface area contributed by atoms with Crippen LogP contribution in [-0.4, -0.2) is 54.5 Å². The number of halogens is 2. The standard InChI is InChI=1S/C36H32I2N2O10S/c1-5-47-27-16-23(11-12-26(27)49-18-29(41)46-4)31-30(35(45)48-6-2)19(3)39-36-40(31)33(42)28(51-36)15-21-13-24(37)32(25(38)14-21)50-17-20-7-9-22(10-8-20)34(43)44/h7-16,31H,5-6,17-18H2,1-4H3,(H,43,44)/b28-15-/t31-/m1/s1. The number of hydrogen-bond acceptors (Lipinski definition) is 11. The van der Waals surface area contributed by atoms with E-state index in [4.69, 9.17) is 24.1 Å². The summed E-state index contributed by atoms with van der Waals surface area (Å²) in [5.41, 5.74) is 2.61. The summed E-state index contributed by atoms with van der Waals surface area (Å²) in [6.45, 7) is 5.55. The van der Waals surface area contributed by atoms with Gasteiger partial charge in [0.2, 0.25) is 0 Å². The fraction of sp³-hybridized carbons (Fsp3) is 0.250. The van der Waals surface area contributed by atoms with Crippen LogP contribution < -0.4 is 29.1 Å². The SMILES string of the molecule is CCOC(=O)C1=C(C)N=c2s/c(=C\c3cc(I)c(OCc4ccc(C(=O)O)cc4)c(I)c3)c(=O)n2[C@@H]1c1ccc(OCC(=O)OC)c(OCC)c1. The summed E-state index contributed by atoms with van der Waals surface area (Å²) in [5.74, 6) is -0.871. The third-order valence-corrected chi connectivity index (χ3v) is 10.2. The minimum atomic E-state index is -0.992. The van der Waals surface area contributed by atoms with Crippen molar-refractivity contribution in [2.24, 2.45) is 4.99 Å².